The Hall–Kier alpha value is -3.66. The Bertz CT molecular complexity index is 1100. The molecule has 2 aliphatic rings. The topological polar surface area (TPSA) is 90.7 Å². The fourth-order valence-electron chi connectivity index (χ4n) is 4.36. The van der Waals surface area contributed by atoms with Gasteiger partial charge in [0.05, 0.1) is 22.9 Å². The number of amides is 2. The van der Waals surface area contributed by atoms with Gasteiger partial charge in [0.1, 0.15) is 6.61 Å². The third-order valence-electron chi connectivity index (χ3n) is 5.67. The van der Waals surface area contributed by atoms with Gasteiger partial charge in [0, 0.05) is 19.4 Å². The van der Waals surface area contributed by atoms with Crippen molar-refractivity contribution in [3.05, 3.63) is 65.2 Å². The number of ether oxygens (including phenoxy) is 1. The quantitative estimate of drug-likeness (QED) is 0.697. The Morgan fingerprint density at radius 3 is 2.71 bits per heavy atom. The molecule has 1 atom stereocenters. The Morgan fingerprint density at radius 1 is 1.19 bits per heavy atom. The largest absolute Gasteiger partial charge is 0.458 e. The maximum Gasteiger partial charge on any atom is 0.354 e. The third kappa shape index (κ3) is 3.34. The SMILES string of the molecule is CC(C)CN1C(=O)c2ccccc2N2C(=O)CCC12C(=O)OCc1cccc(C#N)c1. The van der Waals surface area contributed by atoms with Gasteiger partial charge >= 0.3 is 5.97 Å². The van der Waals surface area contributed by atoms with Gasteiger partial charge in [-0.05, 0) is 35.7 Å². The number of esters is 1. The highest BCUT2D eigenvalue weighted by atomic mass is 16.5. The number of rotatable bonds is 5. The predicted molar refractivity (Wildman–Crippen MR) is 113 cm³/mol. The Kier molecular flexibility index (Phi) is 5.24. The van der Waals surface area contributed by atoms with Crippen LogP contribution >= 0.6 is 0 Å². The van der Waals surface area contributed by atoms with Crippen LogP contribution in [0.25, 0.3) is 0 Å². The lowest BCUT2D eigenvalue weighted by Crippen LogP contribution is -2.69. The summed E-state index contributed by atoms with van der Waals surface area (Å²) < 4.78 is 5.66. The Labute approximate surface area is 180 Å². The van der Waals surface area contributed by atoms with E-state index in [1.54, 1.807) is 48.5 Å². The summed E-state index contributed by atoms with van der Waals surface area (Å²) in [6.07, 6.45) is 0.324. The van der Waals surface area contributed by atoms with Crippen LogP contribution in [0, 0.1) is 17.2 Å². The van der Waals surface area contributed by atoms with E-state index in [-0.39, 0.29) is 37.2 Å². The molecule has 1 saturated heterocycles. The second-order valence-electron chi connectivity index (χ2n) is 8.26. The molecule has 2 heterocycles. The fourth-order valence-corrected chi connectivity index (χ4v) is 4.36. The zero-order valence-corrected chi connectivity index (χ0v) is 17.5. The summed E-state index contributed by atoms with van der Waals surface area (Å²) in [5, 5.41) is 9.09. The van der Waals surface area contributed by atoms with Crippen LogP contribution in [-0.2, 0) is 20.9 Å². The number of hydrogen-bond donors (Lipinski definition) is 0. The number of benzene rings is 2. The minimum Gasteiger partial charge on any atom is -0.458 e. The molecule has 0 bridgehead atoms. The molecule has 2 amide bonds. The zero-order chi connectivity index (χ0) is 22.2. The summed E-state index contributed by atoms with van der Waals surface area (Å²) in [7, 11) is 0. The van der Waals surface area contributed by atoms with Crippen LogP contribution in [0.2, 0.25) is 0 Å². The van der Waals surface area contributed by atoms with E-state index in [0.29, 0.717) is 28.9 Å². The van der Waals surface area contributed by atoms with Crippen molar-refractivity contribution in [2.45, 2.75) is 39.0 Å². The molecule has 0 saturated carbocycles. The van der Waals surface area contributed by atoms with Crippen LogP contribution < -0.4 is 4.90 Å². The molecule has 31 heavy (non-hydrogen) atoms. The Morgan fingerprint density at radius 2 is 1.97 bits per heavy atom. The van der Waals surface area contributed by atoms with Gasteiger partial charge in [0.15, 0.2) is 0 Å². The number of carbonyl (C=O) groups is 3. The van der Waals surface area contributed by atoms with Gasteiger partial charge < -0.3 is 9.64 Å². The minimum absolute atomic E-state index is 0.0521. The number of nitriles is 1. The van der Waals surface area contributed by atoms with Crippen molar-refractivity contribution >= 4 is 23.5 Å². The van der Waals surface area contributed by atoms with Crippen molar-refractivity contribution in [1.82, 2.24) is 4.90 Å². The first kappa shape index (κ1) is 20.6. The number of hydrogen-bond acceptors (Lipinski definition) is 5. The molecule has 4 rings (SSSR count). The van der Waals surface area contributed by atoms with Gasteiger partial charge in [-0.1, -0.05) is 38.1 Å². The second kappa shape index (κ2) is 7.88. The summed E-state index contributed by atoms with van der Waals surface area (Å²) in [5.74, 6) is -1.04. The predicted octanol–water partition coefficient (Wildman–Crippen LogP) is 3.24. The fraction of sp³-hybridized carbons (Fsp3) is 0.333. The highest BCUT2D eigenvalue weighted by Gasteiger charge is 2.61. The highest BCUT2D eigenvalue weighted by Crippen LogP contribution is 2.45. The molecule has 0 radical (unpaired) electrons. The molecular weight excluding hydrogens is 394 g/mol. The van der Waals surface area contributed by atoms with Crippen molar-refractivity contribution in [2.24, 2.45) is 5.92 Å². The summed E-state index contributed by atoms with van der Waals surface area (Å²) in [5.41, 5.74) is 0.479. The highest BCUT2D eigenvalue weighted by molar-refractivity contribution is 6.15. The number of carbonyl (C=O) groups excluding carboxylic acids is 3. The van der Waals surface area contributed by atoms with E-state index in [0.717, 1.165) is 0 Å². The van der Waals surface area contributed by atoms with Gasteiger partial charge in [0.2, 0.25) is 11.6 Å². The lowest BCUT2D eigenvalue weighted by molar-refractivity contribution is -0.159. The lowest BCUT2D eigenvalue weighted by Gasteiger charge is -2.48. The van der Waals surface area contributed by atoms with Crippen LogP contribution in [-0.4, -0.2) is 34.9 Å². The van der Waals surface area contributed by atoms with E-state index in [1.165, 1.54) is 9.80 Å². The summed E-state index contributed by atoms with van der Waals surface area (Å²) in [6.45, 7) is 4.18. The first-order valence-corrected chi connectivity index (χ1v) is 10.3. The minimum atomic E-state index is -1.50. The average molecular weight is 417 g/mol. The third-order valence-corrected chi connectivity index (χ3v) is 5.67. The van der Waals surface area contributed by atoms with Gasteiger partial charge in [-0.3, -0.25) is 14.5 Å². The van der Waals surface area contributed by atoms with E-state index in [9.17, 15) is 14.4 Å². The zero-order valence-electron chi connectivity index (χ0n) is 17.5. The normalized spacial score (nSPS) is 19.8. The molecular formula is C24H23N3O4. The summed E-state index contributed by atoms with van der Waals surface area (Å²) in [4.78, 5) is 42.8. The van der Waals surface area contributed by atoms with Gasteiger partial charge in [0.25, 0.3) is 5.91 Å². The molecule has 7 nitrogen and oxygen atoms in total. The van der Waals surface area contributed by atoms with E-state index in [4.69, 9.17) is 10.00 Å². The maximum atomic E-state index is 13.5. The standard InChI is InChI=1S/C24H23N3O4/c1-16(2)14-26-22(29)19-8-3-4-9-20(19)27-21(28)10-11-24(26,27)23(30)31-15-18-7-5-6-17(12-18)13-25/h3-9,12,16H,10-11,14-15H2,1-2H3. The summed E-state index contributed by atoms with van der Waals surface area (Å²) in [6, 6.07) is 15.7. The van der Waals surface area contributed by atoms with Crippen LogP contribution in [0.5, 0.6) is 0 Å². The van der Waals surface area contributed by atoms with Crippen molar-refractivity contribution in [1.29, 1.82) is 5.26 Å². The van der Waals surface area contributed by atoms with Crippen LogP contribution in [0.1, 0.15) is 48.2 Å². The lowest BCUT2D eigenvalue weighted by atomic mass is 9.95. The molecule has 158 valence electrons. The van der Waals surface area contributed by atoms with Crippen molar-refractivity contribution < 1.29 is 19.1 Å². The molecule has 1 fully saturated rings. The van der Waals surface area contributed by atoms with Crippen LogP contribution in [0.15, 0.2) is 48.5 Å². The average Bonchev–Trinajstić information content (AvgIpc) is 3.13. The smallest absolute Gasteiger partial charge is 0.354 e. The van der Waals surface area contributed by atoms with E-state index in [1.807, 2.05) is 13.8 Å². The van der Waals surface area contributed by atoms with Gasteiger partial charge in [-0.2, -0.15) is 5.26 Å². The molecule has 1 unspecified atom stereocenters. The molecule has 2 aromatic rings. The molecule has 2 aliphatic heterocycles. The number of nitrogens with zero attached hydrogens (tertiary/aromatic N) is 3. The summed E-state index contributed by atoms with van der Waals surface area (Å²) >= 11 is 0. The molecule has 0 spiro atoms. The van der Waals surface area contributed by atoms with Crippen molar-refractivity contribution in [3.63, 3.8) is 0 Å². The molecule has 0 N–H and O–H groups in total. The van der Waals surface area contributed by atoms with E-state index < -0.39 is 11.6 Å². The molecule has 0 aromatic heterocycles. The second-order valence-corrected chi connectivity index (χ2v) is 8.26. The van der Waals surface area contributed by atoms with Gasteiger partial charge in [-0.25, -0.2) is 4.79 Å². The molecule has 2 aromatic carbocycles. The van der Waals surface area contributed by atoms with E-state index >= 15 is 0 Å². The monoisotopic (exact) mass is 417 g/mol. The van der Waals surface area contributed by atoms with Crippen LogP contribution in [0.4, 0.5) is 5.69 Å². The number of anilines is 1. The first-order chi connectivity index (χ1) is 14.9. The van der Waals surface area contributed by atoms with E-state index in [2.05, 4.69) is 6.07 Å². The molecule has 7 heteroatoms. The van der Waals surface area contributed by atoms with Crippen LogP contribution in [0.3, 0.4) is 0 Å². The Balaban J connectivity index is 1.74. The maximum absolute atomic E-state index is 13.5. The van der Waals surface area contributed by atoms with Gasteiger partial charge in [-0.15, -0.1) is 0 Å². The first-order valence-electron chi connectivity index (χ1n) is 10.3. The van der Waals surface area contributed by atoms with Crippen molar-refractivity contribution in [2.75, 3.05) is 11.4 Å². The number of fused-ring (bicyclic) bond motifs is 3. The molecule has 0 aliphatic carbocycles. The van der Waals surface area contributed by atoms with Crippen molar-refractivity contribution in [3.8, 4) is 6.07 Å². The number of para-hydroxylation sites is 1.